The number of amides is 1. The van der Waals surface area contributed by atoms with Gasteiger partial charge in [0.15, 0.2) is 0 Å². The van der Waals surface area contributed by atoms with Gasteiger partial charge in [-0.15, -0.1) is 0 Å². The monoisotopic (exact) mass is 416 g/mol. The molecular formula is C25H18F2N2O2. The molecule has 154 valence electrons. The molecule has 0 aliphatic rings. The van der Waals surface area contributed by atoms with Gasteiger partial charge in [-0.05, 0) is 58.8 Å². The Morgan fingerprint density at radius 1 is 0.871 bits per heavy atom. The van der Waals surface area contributed by atoms with Gasteiger partial charge in [-0.3, -0.25) is 4.79 Å². The van der Waals surface area contributed by atoms with Crippen LogP contribution in [-0.2, 0) is 6.61 Å². The molecule has 0 aliphatic carbocycles. The topological polar surface area (TPSA) is 50.7 Å². The molecule has 0 bridgehead atoms. The summed E-state index contributed by atoms with van der Waals surface area (Å²) in [4.78, 5) is 12.2. The summed E-state index contributed by atoms with van der Waals surface area (Å²) >= 11 is 0. The van der Waals surface area contributed by atoms with Crippen molar-refractivity contribution in [1.82, 2.24) is 5.43 Å². The van der Waals surface area contributed by atoms with Gasteiger partial charge in [0.05, 0.1) is 6.21 Å². The lowest BCUT2D eigenvalue weighted by Gasteiger charge is -2.12. The van der Waals surface area contributed by atoms with Gasteiger partial charge in [-0.25, -0.2) is 14.2 Å². The fraction of sp³-hybridized carbons (Fsp3) is 0.0400. The quantitative estimate of drug-likeness (QED) is 0.335. The van der Waals surface area contributed by atoms with E-state index in [-0.39, 0.29) is 12.4 Å². The molecule has 0 spiro atoms. The largest absolute Gasteiger partial charge is 0.488 e. The fourth-order valence-corrected chi connectivity index (χ4v) is 3.10. The standard InChI is InChI=1S/C25H18F2N2O2/c26-20-10-5-17(6-11-20)16-31-24-14-9-18-3-1-2-4-22(18)23(24)15-28-29-25(30)19-7-12-21(27)13-8-19/h1-15H,16H2,(H,29,30). The highest BCUT2D eigenvalue weighted by atomic mass is 19.1. The maximum absolute atomic E-state index is 13.1. The minimum Gasteiger partial charge on any atom is -0.488 e. The Bertz CT molecular complexity index is 1240. The SMILES string of the molecule is O=C(NN=Cc1c(OCc2ccc(F)cc2)ccc2ccccc12)c1ccc(F)cc1. The van der Waals surface area contributed by atoms with E-state index in [0.29, 0.717) is 16.9 Å². The number of fused-ring (bicyclic) bond motifs is 1. The summed E-state index contributed by atoms with van der Waals surface area (Å²) in [5.74, 6) is -0.606. The van der Waals surface area contributed by atoms with Crippen molar-refractivity contribution in [3.05, 3.63) is 113 Å². The smallest absolute Gasteiger partial charge is 0.271 e. The van der Waals surface area contributed by atoms with Crippen LogP contribution < -0.4 is 10.2 Å². The van der Waals surface area contributed by atoms with E-state index >= 15 is 0 Å². The first-order valence-electron chi connectivity index (χ1n) is 9.58. The van der Waals surface area contributed by atoms with Crippen LogP contribution in [0.25, 0.3) is 10.8 Å². The Balaban J connectivity index is 1.57. The second-order valence-corrected chi connectivity index (χ2v) is 6.82. The number of hydrogen-bond acceptors (Lipinski definition) is 3. The van der Waals surface area contributed by atoms with E-state index < -0.39 is 11.7 Å². The molecule has 1 N–H and O–H groups in total. The third kappa shape index (κ3) is 4.93. The molecule has 0 aliphatic heterocycles. The van der Waals surface area contributed by atoms with Gasteiger partial charge in [0.2, 0.25) is 0 Å². The highest BCUT2D eigenvalue weighted by Gasteiger charge is 2.09. The van der Waals surface area contributed by atoms with E-state index in [2.05, 4.69) is 10.5 Å². The molecule has 4 aromatic rings. The number of nitrogens with one attached hydrogen (secondary N) is 1. The molecule has 4 nitrogen and oxygen atoms in total. The lowest BCUT2D eigenvalue weighted by molar-refractivity contribution is 0.0955. The van der Waals surface area contributed by atoms with E-state index in [4.69, 9.17) is 4.74 Å². The predicted octanol–water partition coefficient (Wildman–Crippen LogP) is 5.46. The summed E-state index contributed by atoms with van der Waals surface area (Å²) in [6.45, 7) is 0.251. The molecule has 0 aromatic heterocycles. The molecule has 0 heterocycles. The van der Waals surface area contributed by atoms with E-state index in [1.807, 2.05) is 36.4 Å². The molecule has 6 heteroatoms. The summed E-state index contributed by atoms with van der Waals surface area (Å²) in [6.07, 6.45) is 1.52. The Labute approximate surface area is 177 Å². The molecule has 4 rings (SSSR count). The fourth-order valence-electron chi connectivity index (χ4n) is 3.10. The number of carbonyl (C=O) groups is 1. The number of hydrazone groups is 1. The number of carbonyl (C=O) groups excluding carboxylic acids is 1. The van der Waals surface area contributed by atoms with E-state index in [1.54, 1.807) is 12.1 Å². The summed E-state index contributed by atoms with van der Waals surface area (Å²) in [5, 5.41) is 5.96. The average Bonchev–Trinajstić information content (AvgIpc) is 2.79. The molecule has 4 aromatic carbocycles. The Kier molecular flexibility index (Phi) is 5.98. The third-order valence-electron chi connectivity index (χ3n) is 4.70. The maximum atomic E-state index is 13.1. The van der Waals surface area contributed by atoms with Crippen LogP contribution in [0.5, 0.6) is 5.75 Å². The number of rotatable bonds is 6. The number of benzene rings is 4. The lowest BCUT2D eigenvalue weighted by Crippen LogP contribution is -2.17. The normalized spacial score (nSPS) is 11.0. The molecule has 0 fully saturated rings. The number of ether oxygens (including phenoxy) is 1. The summed E-state index contributed by atoms with van der Waals surface area (Å²) in [7, 11) is 0. The molecule has 0 unspecified atom stereocenters. The third-order valence-corrected chi connectivity index (χ3v) is 4.70. The molecule has 0 radical (unpaired) electrons. The van der Waals surface area contributed by atoms with E-state index in [1.165, 1.54) is 42.6 Å². The van der Waals surface area contributed by atoms with Gasteiger partial charge in [0, 0.05) is 11.1 Å². The minimum absolute atomic E-state index is 0.251. The van der Waals surface area contributed by atoms with Gasteiger partial charge in [0.1, 0.15) is 24.0 Å². The first-order valence-corrected chi connectivity index (χ1v) is 9.58. The molecule has 0 saturated heterocycles. The molecule has 31 heavy (non-hydrogen) atoms. The second kappa shape index (κ2) is 9.17. The maximum Gasteiger partial charge on any atom is 0.271 e. The Morgan fingerprint density at radius 3 is 2.29 bits per heavy atom. The molecular weight excluding hydrogens is 398 g/mol. The van der Waals surface area contributed by atoms with Crippen LogP contribution in [0, 0.1) is 11.6 Å². The number of halogens is 2. The first-order chi connectivity index (χ1) is 15.1. The van der Waals surface area contributed by atoms with Crippen molar-refractivity contribution in [3.63, 3.8) is 0 Å². The van der Waals surface area contributed by atoms with Gasteiger partial charge in [-0.1, -0.05) is 42.5 Å². The van der Waals surface area contributed by atoms with E-state index in [0.717, 1.165) is 16.3 Å². The van der Waals surface area contributed by atoms with Crippen LogP contribution in [0.1, 0.15) is 21.5 Å². The summed E-state index contributed by atoms with van der Waals surface area (Å²) < 4.78 is 32.1. The van der Waals surface area contributed by atoms with Crippen molar-refractivity contribution in [3.8, 4) is 5.75 Å². The van der Waals surface area contributed by atoms with Crippen molar-refractivity contribution in [2.45, 2.75) is 6.61 Å². The van der Waals surface area contributed by atoms with Crippen LogP contribution in [0.3, 0.4) is 0 Å². The predicted molar refractivity (Wildman–Crippen MR) is 116 cm³/mol. The van der Waals surface area contributed by atoms with Gasteiger partial charge in [0.25, 0.3) is 5.91 Å². The molecule has 1 amide bonds. The van der Waals surface area contributed by atoms with Gasteiger partial charge >= 0.3 is 0 Å². The minimum atomic E-state index is -0.453. The van der Waals surface area contributed by atoms with Crippen LogP contribution in [0.4, 0.5) is 8.78 Å². The lowest BCUT2D eigenvalue weighted by atomic mass is 10.0. The van der Waals surface area contributed by atoms with Crippen molar-refractivity contribution >= 4 is 22.9 Å². The van der Waals surface area contributed by atoms with Crippen LogP contribution in [-0.4, -0.2) is 12.1 Å². The van der Waals surface area contributed by atoms with Crippen molar-refractivity contribution in [1.29, 1.82) is 0 Å². The van der Waals surface area contributed by atoms with Crippen LogP contribution in [0.15, 0.2) is 90.0 Å². The zero-order valence-corrected chi connectivity index (χ0v) is 16.4. The first kappa shape index (κ1) is 20.2. The molecule has 0 atom stereocenters. The van der Waals surface area contributed by atoms with E-state index in [9.17, 15) is 13.6 Å². The Morgan fingerprint density at radius 2 is 1.55 bits per heavy atom. The summed E-state index contributed by atoms with van der Waals surface area (Å²) in [6, 6.07) is 22.8. The second-order valence-electron chi connectivity index (χ2n) is 6.82. The molecule has 0 saturated carbocycles. The van der Waals surface area contributed by atoms with Crippen LogP contribution >= 0.6 is 0 Å². The highest BCUT2D eigenvalue weighted by molar-refractivity contribution is 6.03. The van der Waals surface area contributed by atoms with Crippen molar-refractivity contribution in [2.24, 2.45) is 5.10 Å². The highest BCUT2D eigenvalue weighted by Crippen LogP contribution is 2.27. The van der Waals surface area contributed by atoms with Gasteiger partial charge < -0.3 is 4.74 Å². The Hall–Kier alpha value is -4.06. The number of hydrogen-bond donors (Lipinski definition) is 1. The summed E-state index contributed by atoms with van der Waals surface area (Å²) in [5.41, 5.74) is 4.26. The average molecular weight is 416 g/mol. The number of nitrogens with zero attached hydrogens (tertiary/aromatic N) is 1. The zero-order valence-electron chi connectivity index (χ0n) is 16.4. The van der Waals surface area contributed by atoms with Crippen molar-refractivity contribution < 1.29 is 18.3 Å². The van der Waals surface area contributed by atoms with Crippen molar-refractivity contribution in [2.75, 3.05) is 0 Å². The zero-order chi connectivity index (χ0) is 21.6. The van der Waals surface area contributed by atoms with Gasteiger partial charge in [-0.2, -0.15) is 5.10 Å². The van der Waals surface area contributed by atoms with Crippen LogP contribution in [0.2, 0.25) is 0 Å².